The van der Waals surface area contributed by atoms with Crippen LogP contribution in [-0.4, -0.2) is 76.8 Å². The molecule has 29 heavy (non-hydrogen) atoms. The summed E-state index contributed by atoms with van der Waals surface area (Å²) in [5.74, 6) is 1.09. The third kappa shape index (κ3) is 6.05. The number of carbonyl (C=O) groups excluding carboxylic acids is 1. The summed E-state index contributed by atoms with van der Waals surface area (Å²) < 4.78 is 0. The topological polar surface area (TPSA) is 88.4 Å². The number of rotatable bonds is 7. The molecule has 0 aromatic heterocycles. The first kappa shape index (κ1) is 21.3. The first-order valence-corrected chi connectivity index (χ1v) is 10.4. The Bertz CT molecular complexity index is 727. The second-order valence-corrected chi connectivity index (χ2v) is 8.02. The van der Waals surface area contributed by atoms with Gasteiger partial charge in [0.2, 0.25) is 5.91 Å². The first-order chi connectivity index (χ1) is 14.0. The van der Waals surface area contributed by atoms with Gasteiger partial charge in [-0.15, -0.1) is 0 Å². The molecule has 2 aliphatic heterocycles. The van der Waals surface area contributed by atoms with Crippen molar-refractivity contribution < 1.29 is 15.0 Å². The van der Waals surface area contributed by atoms with Gasteiger partial charge in [0.05, 0.1) is 12.2 Å². The van der Waals surface area contributed by atoms with Crippen molar-refractivity contribution >= 4 is 11.7 Å². The highest BCUT2D eigenvalue weighted by atomic mass is 16.3. The minimum absolute atomic E-state index is 0.0652. The Labute approximate surface area is 172 Å². The van der Waals surface area contributed by atoms with Gasteiger partial charge in [0.15, 0.2) is 0 Å². The van der Waals surface area contributed by atoms with E-state index in [1.165, 1.54) is 5.56 Å². The molecule has 7 nitrogen and oxygen atoms in total. The van der Waals surface area contributed by atoms with Gasteiger partial charge in [-0.25, -0.2) is 4.99 Å². The number of aliphatic imine (C=N–C) groups is 1. The number of likely N-dealkylation sites (tertiary alicyclic amines) is 1. The van der Waals surface area contributed by atoms with Crippen LogP contribution in [0.3, 0.4) is 0 Å². The summed E-state index contributed by atoms with van der Waals surface area (Å²) in [4.78, 5) is 21.0. The lowest BCUT2D eigenvalue weighted by atomic mass is 9.90. The van der Waals surface area contributed by atoms with Crippen LogP contribution < -0.4 is 5.32 Å². The molecule has 2 aliphatic rings. The summed E-state index contributed by atoms with van der Waals surface area (Å²) in [6.45, 7) is 4.77. The van der Waals surface area contributed by atoms with E-state index < -0.39 is 5.60 Å². The zero-order valence-corrected chi connectivity index (χ0v) is 17.1. The minimum Gasteiger partial charge on any atom is -0.395 e. The summed E-state index contributed by atoms with van der Waals surface area (Å²) in [7, 11) is 0. The van der Waals surface area contributed by atoms with E-state index >= 15 is 0 Å². The number of β-amino-alcohol motifs (C(OH)–C–C–N with tert-alkyl or cyclic N) is 1. The molecule has 1 saturated heterocycles. The summed E-state index contributed by atoms with van der Waals surface area (Å²) >= 11 is 0. The zero-order valence-electron chi connectivity index (χ0n) is 17.1. The van der Waals surface area contributed by atoms with Gasteiger partial charge in [0.25, 0.3) is 0 Å². The Kier molecular flexibility index (Phi) is 7.28. The fourth-order valence-electron chi connectivity index (χ4n) is 3.84. The number of benzene rings is 1. The van der Waals surface area contributed by atoms with Gasteiger partial charge in [-0.2, -0.15) is 0 Å². The van der Waals surface area contributed by atoms with Crippen LogP contribution in [0, 0.1) is 0 Å². The molecule has 0 saturated carbocycles. The van der Waals surface area contributed by atoms with E-state index in [1.54, 1.807) is 0 Å². The minimum atomic E-state index is -0.808. The van der Waals surface area contributed by atoms with E-state index in [1.807, 2.05) is 40.3 Å². The third-order valence-electron chi connectivity index (χ3n) is 5.68. The summed E-state index contributed by atoms with van der Waals surface area (Å²) in [6.07, 6.45) is 5.41. The van der Waals surface area contributed by atoms with Crippen molar-refractivity contribution in [2.24, 2.45) is 4.99 Å². The number of aliphatic hydroxyl groups is 2. The van der Waals surface area contributed by atoms with Gasteiger partial charge in [0.1, 0.15) is 12.5 Å². The van der Waals surface area contributed by atoms with Crippen LogP contribution >= 0.6 is 0 Å². The highest BCUT2D eigenvalue weighted by molar-refractivity contribution is 5.93. The summed E-state index contributed by atoms with van der Waals surface area (Å²) in [6, 6.07) is 10.1. The molecule has 158 valence electrons. The third-order valence-corrected chi connectivity index (χ3v) is 5.68. The Morgan fingerprint density at radius 2 is 2.00 bits per heavy atom. The lowest BCUT2D eigenvalue weighted by Gasteiger charge is -2.41. The van der Waals surface area contributed by atoms with Gasteiger partial charge < -0.3 is 25.3 Å². The second kappa shape index (κ2) is 9.89. The number of aliphatic hydroxyl groups excluding tert-OH is 1. The Morgan fingerprint density at radius 1 is 1.28 bits per heavy atom. The molecule has 0 bridgehead atoms. The number of hydrogen-bond donors (Lipinski definition) is 3. The van der Waals surface area contributed by atoms with E-state index in [9.17, 15) is 9.90 Å². The molecular weight excluding hydrogens is 368 g/mol. The first-order valence-electron chi connectivity index (χ1n) is 10.4. The highest BCUT2D eigenvalue weighted by Crippen LogP contribution is 2.26. The monoisotopic (exact) mass is 400 g/mol. The van der Waals surface area contributed by atoms with Crippen LogP contribution in [0.5, 0.6) is 0 Å². The number of nitrogens with one attached hydrogen (secondary N) is 1. The Balaban J connectivity index is 1.44. The van der Waals surface area contributed by atoms with Crippen molar-refractivity contribution in [3.8, 4) is 0 Å². The van der Waals surface area contributed by atoms with Crippen molar-refractivity contribution in [1.82, 2.24) is 15.1 Å². The summed E-state index contributed by atoms with van der Waals surface area (Å²) in [5.41, 5.74) is 0.372. The van der Waals surface area contributed by atoms with Crippen LogP contribution in [0.25, 0.3) is 0 Å². The molecule has 0 spiro atoms. The zero-order chi connectivity index (χ0) is 20.7. The van der Waals surface area contributed by atoms with Gasteiger partial charge in [-0.1, -0.05) is 37.3 Å². The SMILES string of the molecule is CC(CC(=O)N1CCC(O)(CN2C=CC(NCCO)=NC2)CC1)c1ccccc1. The van der Waals surface area contributed by atoms with Crippen molar-refractivity contribution in [1.29, 1.82) is 0 Å². The number of nitrogens with zero attached hydrogens (tertiary/aromatic N) is 3. The predicted molar refractivity (Wildman–Crippen MR) is 113 cm³/mol. The van der Waals surface area contributed by atoms with Crippen molar-refractivity contribution in [2.75, 3.05) is 39.5 Å². The van der Waals surface area contributed by atoms with Gasteiger partial charge >= 0.3 is 0 Å². The van der Waals surface area contributed by atoms with Crippen LogP contribution in [0.15, 0.2) is 47.6 Å². The molecule has 1 aromatic carbocycles. The molecule has 0 radical (unpaired) electrons. The van der Waals surface area contributed by atoms with Crippen LogP contribution in [0.1, 0.15) is 37.7 Å². The molecule has 7 heteroatoms. The van der Waals surface area contributed by atoms with Crippen LogP contribution in [0.4, 0.5) is 0 Å². The summed E-state index contributed by atoms with van der Waals surface area (Å²) in [5, 5.41) is 22.9. The van der Waals surface area contributed by atoms with Gasteiger partial charge in [0, 0.05) is 38.8 Å². The molecule has 0 aliphatic carbocycles. The highest BCUT2D eigenvalue weighted by Gasteiger charge is 2.35. The van der Waals surface area contributed by atoms with Gasteiger partial charge in [-0.05, 0) is 30.4 Å². The lowest BCUT2D eigenvalue weighted by molar-refractivity contribution is -0.136. The molecule has 1 fully saturated rings. The molecule has 1 atom stereocenters. The van der Waals surface area contributed by atoms with E-state index in [0.717, 1.165) is 5.84 Å². The lowest BCUT2D eigenvalue weighted by Crippen LogP contribution is -2.51. The van der Waals surface area contributed by atoms with Crippen molar-refractivity contribution in [2.45, 2.75) is 37.7 Å². The van der Waals surface area contributed by atoms with E-state index in [-0.39, 0.29) is 18.4 Å². The van der Waals surface area contributed by atoms with E-state index in [2.05, 4.69) is 29.4 Å². The maximum Gasteiger partial charge on any atom is 0.223 e. The number of amidine groups is 1. The molecular formula is C22H32N4O3. The van der Waals surface area contributed by atoms with Gasteiger partial charge in [-0.3, -0.25) is 4.79 Å². The number of carbonyl (C=O) groups is 1. The molecule has 1 amide bonds. The molecule has 3 rings (SSSR count). The number of amides is 1. The van der Waals surface area contributed by atoms with Crippen LogP contribution in [-0.2, 0) is 4.79 Å². The largest absolute Gasteiger partial charge is 0.395 e. The standard InChI is InChI=1S/C22H32N4O3/c1-18(19-5-3-2-4-6-19)15-21(28)26-12-8-22(29,9-13-26)16-25-11-7-20(24-17-25)23-10-14-27/h2-7,11,18,27,29H,8-10,12-17H2,1H3,(H,23,24). The maximum atomic E-state index is 12.7. The smallest absolute Gasteiger partial charge is 0.223 e. The quantitative estimate of drug-likeness (QED) is 0.642. The van der Waals surface area contributed by atoms with E-state index in [4.69, 9.17) is 5.11 Å². The Morgan fingerprint density at radius 3 is 2.62 bits per heavy atom. The Hall–Kier alpha value is -2.38. The number of hydrogen-bond acceptors (Lipinski definition) is 6. The van der Waals surface area contributed by atoms with E-state index in [0.29, 0.717) is 52.1 Å². The predicted octanol–water partition coefficient (Wildman–Crippen LogP) is 1.30. The molecule has 1 unspecified atom stereocenters. The molecule has 1 aromatic rings. The van der Waals surface area contributed by atoms with Crippen molar-refractivity contribution in [3.05, 3.63) is 48.2 Å². The average molecular weight is 401 g/mol. The normalized spacial score (nSPS) is 19.6. The molecule has 2 heterocycles. The fraction of sp³-hybridized carbons (Fsp3) is 0.545. The maximum absolute atomic E-state index is 12.7. The second-order valence-electron chi connectivity index (χ2n) is 8.02. The number of piperidine rings is 1. The average Bonchev–Trinajstić information content (AvgIpc) is 2.74. The van der Waals surface area contributed by atoms with Crippen LogP contribution in [0.2, 0.25) is 0 Å². The van der Waals surface area contributed by atoms with Crippen molar-refractivity contribution in [3.63, 3.8) is 0 Å². The fourth-order valence-corrected chi connectivity index (χ4v) is 3.84. The molecule has 3 N–H and O–H groups in total.